The number of aliphatic hydroxyl groups excluding tert-OH is 2. The SMILES string of the molecule is Cc1cccc(C2(NC(=O)[C@@H](CO)N3Cc4ccc(-c5nc(N[C@@H](C)CO)ncc5Cl)cc4C3=O)CC2)c1. The zero-order valence-electron chi connectivity index (χ0n) is 21.2. The molecular formula is C28H30ClN5O4. The summed E-state index contributed by atoms with van der Waals surface area (Å²) in [4.78, 5) is 36.8. The first-order chi connectivity index (χ1) is 18.2. The maximum atomic E-state index is 13.4. The second kappa shape index (κ2) is 10.3. The van der Waals surface area contributed by atoms with Gasteiger partial charge in [-0.25, -0.2) is 9.97 Å². The van der Waals surface area contributed by atoms with E-state index in [-0.39, 0.29) is 31.0 Å². The highest BCUT2D eigenvalue weighted by atomic mass is 35.5. The molecule has 2 amide bonds. The molecule has 3 aromatic rings. The summed E-state index contributed by atoms with van der Waals surface area (Å²) in [6.45, 7) is 3.44. The van der Waals surface area contributed by atoms with E-state index in [1.807, 2.05) is 37.3 Å². The van der Waals surface area contributed by atoms with Gasteiger partial charge in [-0.3, -0.25) is 9.59 Å². The Kier molecular flexibility index (Phi) is 7.09. The third-order valence-corrected chi connectivity index (χ3v) is 7.42. The fraction of sp³-hybridized carbons (Fsp3) is 0.357. The molecule has 1 aliphatic heterocycles. The molecule has 1 fully saturated rings. The van der Waals surface area contributed by atoms with Gasteiger partial charge in [-0.05, 0) is 43.9 Å². The summed E-state index contributed by atoms with van der Waals surface area (Å²) >= 11 is 6.38. The van der Waals surface area contributed by atoms with Crippen molar-refractivity contribution in [3.63, 3.8) is 0 Å². The number of halogens is 1. The molecule has 2 heterocycles. The van der Waals surface area contributed by atoms with E-state index in [1.165, 1.54) is 11.1 Å². The van der Waals surface area contributed by atoms with Gasteiger partial charge < -0.3 is 25.7 Å². The number of aromatic nitrogens is 2. The number of benzene rings is 2. The Morgan fingerprint density at radius 3 is 2.66 bits per heavy atom. The molecule has 1 aliphatic carbocycles. The van der Waals surface area contributed by atoms with Crippen LogP contribution in [0.1, 0.15) is 46.8 Å². The van der Waals surface area contributed by atoms with Gasteiger partial charge in [-0.2, -0.15) is 0 Å². The van der Waals surface area contributed by atoms with Gasteiger partial charge in [0.05, 0.1) is 35.7 Å². The fourth-order valence-electron chi connectivity index (χ4n) is 4.82. The highest BCUT2D eigenvalue weighted by molar-refractivity contribution is 6.33. The molecule has 198 valence electrons. The minimum atomic E-state index is -1.01. The van der Waals surface area contributed by atoms with Gasteiger partial charge in [0, 0.05) is 23.7 Å². The first-order valence-electron chi connectivity index (χ1n) is 12.6. The number of fused-ring (bicyclic) bond motifs is 1. The van der Waals surface area contributed by atoms with Gasteiger partial charge in [-0.1, -0.05) is 53.6 Å². The van der Waals surface area contributed by atoms with Crippen molar-refractivity contribution in [1.29, 1.82) is 0 Å². The lowest BCUT2D eigenvalue weighted by atomic mass is 10.0. The molecule has 0 saturated heterocycles. The first kappa shape index (κ1) is 26.1. The van der Waals surface area contributed by atoms with Crippen LogP contribution in [0, 0.1) is 6.92 Å². The third-order valence-electron chi connectivity index (χ3n) is 7.14. The quantitative estimate of drug-likeness (QED) is 0.331. The van der Waals surface area contributed by atoms with Crippen LogP contribution in [-0.4, -0.2) is 62.2 Å². The Morgan fingerprint density at radius 1 is 1.18 bits per heavy atom. The molecule has 0 radical (unpaired) electrons. The molecule has 9 nitrogen and oxygen atoms in total. The predicted molar refractivity (Wildman–Crippen MR) is 144 cm³/mol. The van der Waals surface area contributed by atoms with Crippen molar-refractivity contribution in [2.45, 2.75) is 50.9 Å². The van der Waals surface area contributed by atoms with Crippen LogP contribution in [0.4, 0.5) is 5.95 Å². The molecule has 2 aromatic carbocycles. The fourth-order valence-corrected chi connectivity index (χ4v) is 5.02. The molecule has 5 rings (SSSR count). The smallest absolute Gasteiger partial charge is 0.255 e. The summed E-state index contributed by atoms with van der Waals surface area (Å²) in [6.07, 6.45) is 3.09. The maximum Gasteiger partial charge on any atom is 0.255 e. The summed E-state index contributed by atoms with van der Waals surface area (Å²) in [5.41, 5.74) is 3.93. The van der Waals surface area contributed by atoms with E-state index in [4.69, 9.17) is 11.6 Å². The number of nitrogens with one attached hydrogen (secondary N) is 2. The summed E-state index contributed by atoms with van der Waals surface area (Å²) < 4.78 is 0. The van der Waals surface area contributed by atoms with Crippen molar-refractivity contribution in [2.24, 2.45) is 0 Å². The Balaban J connectivity index is 1.36. The van der Waals surface area contributed by atoms with E-state index in [0.717, 1.165) is 29.5 Å². The standard InChI is InChI=1S/C28H30ClN5O4/c1-16-4-3-5-20(10-16)28(8-9-28)33-25(37)23(15-36)34-13-19-7-6-18(11-21(19)26(34)38)24-22(29)12-30-27(32-24)31-17(2)14-35/h3-7,10-12,17,23,35-36H,8-9,13-15H2,1-2H3,(H,33,37)(H,30,31,32)/t17-,23+/m0/s1. The number of amides is 2. The van der Waals surface area contributed by atoms with Crippen molar-refractivity contribution in [3.8, 4) is 11.3 Å². The summed E-state index contributed by atoms with van der Waals surface area (Å²) in [5, 5.41) is 25.9. The monoisotopic (exact) mass is 535 g/mol. The average molecular weight is 536 g/mol. The zero-order valence-corrected chi connectivity index (χ0v) is 22.0. The average Bonchev–Trinajstić information content (AvgIpc) is 3.62. The molecule has 1 saturated carbocycles. The number of nitrogens with zero attached hydrogens (tertiary/aromatic N) is 3. The van der Waals surface area contributed by atoms with E-state index in [2.05, 4.69) is 26.7 Å². The lowest BCUT2D eigenvalue weighted by molar-refractivity contribution is -0.128. The van der Waals surface area contributed by atoms with Crippen molar-refractivity contribution < 1.29 is 19.8 Å². The van der Waals surface area contributed by atoms with Gasteiger partial charge in [0.25, 0.3) is 5.91 Å². The Morgan fingerprint density at radius 2 is 1.97 bits per heavy atom. The minimum Gasteiger partial charge on any atom is -0.394 e. The first-order valence-corrected chi connectivity index (χ1v) is 13.0. The van der Waals surface area contributed by atoms with Crippen molar-refractivity contribution >= 4 is 29.4 Å². The third kappa shape index (κ3) is 4.97. The molecule has 0 unspecified atom stereocenters. The van der Waals surface area contributed by atoms with Crippen LogP contribution >= 0.6 is 11.6 Å². The second-order valence-electron chi connectivity index (χ2n) is 10.1. The largest absolute Gasteiger partial charge is 0.394 e. The Bertz CT molecular complexity index is 1390. The number of hydrogen-bond donors (Lipinski definition) is 4. The number of aliphatic hydroxyl groups is 2. The van der Waals surface area contributed by atoms with E-state index in [1.54, 1.807) is 13.0 Å². The molecule has 0 spiro atoms. The molecule has 10 heteroatoms. The highest BCUT2D eigenvalue weighted by Gasteiger charge is 2.48. The van der Waals surface area contributed by atoms with Crippen LogP contribution in [-0.2, 0) is 16.9 Å². The van der Waals surface area contributed by atoms with Gasteiger partial charge in [0.15, 0.2) is 0 Å². The molecule has 2 atom stereocenters. The van der Waals surface area contributed by atoms with Gasteiger partial charge in [-0.15, -0.1) is 0 Å². The summed E-state index contributed by atoms with van der Waals surface area (Å²) in [7, 11) is 0. The number of carbonyl (C=O) groups excluding carboxylic acids is 2. The highest BCUT2D eigenvalue weighted by Crippen LogP contribution is 2.46. The van der Waals surface area contributed by atoms with Crippen LogP contribution < -0.4 is 10.6 Å². The zero-order chi connectivity index (χ0) is 27.0. The van der Waals surface area contributed by atoms with Crippen LogP contribution in [0.5, 0.6) is 0 Å². The van der Waals surface area contributed by atoms with E-state index >= 15 is 0 Å². The normalized spacial score (nSPS) is 17.1. The second-order valence-corrected chi connectivity index (χ2v) is 10.5. The van der Waals surface area contributed by atoms with Gasteiger partial charge in [0.1, 0.15) is 6.04 Å². The minimum absolute atomic E-state index is 0.0871. The lowest BCUT2D eigenvalue weighted by Gasteiger charge is -2.28. The van der Waals surface area contributed by atoms with E-state index in [0.29, 0.717) is 27.8 Å². The molecule has 1 aromatic heterocycles. The molecule has 38 heavy (non-hydrogen) atoms. The lowest BCUT2D eigenvalue weighted by Crippen LogP contribution is -2.51. The Labute approximate surface area is 225 Å². The molecule has 4 N–H and O–H groups in total. The topological polar surface area (TPSA) is 128 Å². The van der Waals surface area contributed by atoms with Gasteiger partial charge >= 0.3 is 0 Å². The maximum absolute atomic E-state index is 13.4. The summed E-state index contributed by atoms with van der Waals surface area (Å²) in [5.74, 6) is -0.409. The number of carbonyl (C=O) groups is 2. The number of anilines is 1. The predicted octanol–water partition coefficient (Wildman–Crippen LogP) is 3.02. The van der Waals surface area contributed by atoms with Crippen LogP contribution in [0.25, 0.3) is 11.3 Å². The van der Waals surface area contributed by atoms with Crippen molar-refractivity contribution in [1.82, 2.24) is 20.2 Å². The molecular weight excluding hydrogens is 506 g/mol. The van der Waals surface area contributed by atoms with Crippen LogP contribution in [0.3, 0.4) is 0 Å². The summed E-state index contributed by atoms with van der Waals surface area (Å²) in [6, 6.07) is 12.1. The Hall–Kier alpha value is -3.53. The number of aryl methyl sites for hydroxylation is 1. The van der Waals surface area contributed by atoms with E-state index < -0.39 is 18.2 Å². The molecule has 2 aliphatic rings. The van der Waals surface area contributed by atoms with Crippen LogP contribution in [0.15, 0.2) is 48.7 Å². The van der Waals surface area contributed by atoms with Crippen molar-refractivity contribution in [2.75, 3.05) is 18.5 Å². The molecule has 0 bridgehead atoms. The number of hydrogen-bond acceptors (Lipinski definition) is 7. The van der Waals surface area contributed by atoms with E-state index in [9.17, 15) is 19.8 Å². The number of rotatable bonds is 9. The van der Waals surface area contributed by atoms with Crippen molar-refractivity contribution in [3.05, 3.63) is 75.9 Å². The van der Waals surface area contributed by atoms with Gasteiger partial charge in [0.2, 0.25) is 11.9 Å². The van der Waals surface area contributed by atoms with Crippen LogP contribution in [0.2, 0.25) is 5.02 Å².